The van der Waals surface area contributed by atoms with Gasteiger partial charge in [-0.25, -0.2) is 4.68 Å². The van der Waals surface area contributed by atoms with E-state index in [1.54, 1.807) is 11.8 Å². The van der Waals surface area contributed by atoms with E-state index in [0.29, 0.717) is 24.7 Å². The number of ether oxygens (including phenoxy) is 2. The lowest BCUT2D eigenvalue weighted by atomic mass is 10.2. The molecule has 1 N–H and O–H groups in total. The molecule has 7 nitrogen and oxygen atoms in total. The van der Waals surface area contributed by atoms with Crippen molar-refractivity contribution in [2.24, 2.45) is 0 Å². The van der Waals surface area contributed by atoms with Crippen molar-refractivity contribution < 1.29 is 14.3 Å². The monoisotopic (exact) mass is 402 g/mol. The average Bonchev–Trinajstić information content (AvgIpc) is 3.20. The predicted octanol–water partition coefficient (Wildman–Crippen LogP) is 3.34. The number of benzene rings is 3. The Kier molecular flexibility index (Phi) is 5.89. The number of fused-ring (bicyclic) bond motifs is 1. The Hall–Kier alpha value is -3.87. The van der Waals surface area contributed by atoms with E-state index in [1.807, 2.05) is 72.8 Å². The standard InChI is InChI=1S/C23H22N4O3/c1-29-22-13-18(11-12-21(22)30-16-17-7-3-2-4-8-17)14-24-23(28)15-27-20-10-6-5-9-19(20)25-26-27/h2-13H,14-16H2,1H3,(H,24,28). The summed E-state index contributed by atoms with van der Waals surface area (Å²) in [7, 11) is 1.60. The number of rotatable bonds is 8. The Morgan fingerprint density at radius 3 is 2.60 bits per heavy atom. The van der Waals surface area contributed by atoms with Gasteiger partial charge >= 0.3 is 0 Å². The van der Waals surface area contributed by atoms with Crippen molar-refractivity contribution in [3.8, 4) is 11.5 Å². The van der Waals surface area contributed by atoms with Gasteiger partial charge in [0.25, 0.3) is 0 Å². The topological polar surface area (TPSA) is 78.3 Å². The van der Waals surface area contributed by atoms with Gasteiger partial charge in [-0.1, -0.05) is 53.7 Å². The molecule has 7 heteroatoms. The summed E-state index contributed by atoms with van der Waals surface area (Å²) in [5.41, 5.74) is 3.59. The molecule has 30 heavy (non-hydrogen) atoms. The molecule has 0 aliphatic heterocycles. The van der Waals surface area contributed by atoms with E-state index in [2.05, 4.69) is 15.6 Å². The van der Waals surface area contributed by atoms with Crippen LogP contribution in [0.4, 0.5) is 0 Å². The van der Waals surface area contributed by atoms with Crippen LogP contribution < -0.4 is 14.8 Å². The van der Waals surface area contributed by atoms with Gasteiger partial charge in [0.15, 0.2) is 11.5 Å². The Morgan fingerprint density at radius 1 is 0.967 bits per heavy atom. The highest BCUT2D eigenvalue weighted by molar-refractivity contribution is 5.79. The van der Waals surface area contributed by atoms with Crippen molar-refractivity contribution in [2.45, 2.75) is 19.7 Å². The quantitative estimate of drug-likeness (QED) is 0.489. The smallest absolute Gasteiger partial charge is 0.242 e. The van der Waals surface area contributed by atoms with E-state index in [0.717, 1.165) is 22.2 Å². The summed E-state index contributed by atoms with van der Waals surface area (Å²) >= 11 is 0. The minimum Gasteiger partial charge on any atom is -0.493 e. The molecule has 0 unspecified atom stereocenters. The minimum atomic E-state index is -0.144. The largest absolute Gasteiger partial charge is 0.493 e. The lowest BCUT2D eigenvalue weighted by molar-refractivity contribution is -0.121. The second kappa shape index (κ2) is 9.09. The van der Waals surface area contributed by atoms with Crippen LogP contribution in [0.15, 0.2) is 72.8 Å². The molecule has 4 rings (SSSR count). The number of nitrogens with zero attached hydrogens (tertiary/aromatic N) is 3. The summed E-state index contributed by atoms with van der Waals surface area (Å²) in [5, 5.41) is 11.0. The molecule has 0 fully saturated rings. The number of nitrogens with one attached hydrogen (secondary N) is 1. The number of aromatic nitrogens is 3. The van der Waals surface area contributed by atoms with Gasteiger partial charge in [-0.3, -0.25) is 4.79 Å². The molecule has 0 bridgehead atoms. The summed E-state index contributed by atoms with van der Waals surface area (Å²) in [4.78, 5) is 12.4. The molecular weight excluding hydrogens is 380 g/mol. The maximum absolute atomic E-state index is 12.4. The van der Waals surface area contributed by atoms with Crippen LogP contribution in [0.3, 0.4) is 0 Å². The lowest BCUT2D eigenvalue weighted by Gasteiger charge is -2.13. The minimum absolute atomic E-state index is 0.107. The summed E-state index contributed by atoms with van der Waals surface area (Å²) in [5.74, 6) is 1.14. The maximum atomic E-state index is 12.4. The van der Waals surface area contributed by atoms with Crippen LogP contribution in [-0.4, -0.2) is 28.0 Å². The highest BCUT2D eigenvalue weighted by Gasteiger charge is 2.10. The van der Waals surface area contributed by atoms with Crippen LogP contribution in [0.25, 0.3) is 11.0 Å². The van der Waals surface area contributed by atoms with E-state index >= 15 is 0 Å². The zero-order valence-corrected chi connectivity index (χ0v) is 16.6. The van der Waals surface area contributed by atoms with E-state index in [-0.39, 0.29) is 12.5 Å². The molecule has 152 valence electrons. The van der Waals surface area contributed by atoms with Crippen LogP contribution >= 0.6 is 0 Å². The maximum Gasteiger partial charge on any atom is 0.242 e. The lowest BCUT2D eigenvalue weighted by Crippen LogP contribution is -2.27. The SMILES string of the molecule is COc1cc(CNC(=O)Cn2nnc3ccccc32)ccc1OCc1ccccc1. The first kappa shape index (κ1) is 19.4. The van der Waals surface area contributed by atoms with Crippen LogP contribution in [0.5, 0.6) is 11.5 Å². The molecule has 0 saturated carbocycles. The summed E-state index contributed by atoms with van der Waals surface area (Å²) in [6.45, 7) is 0.940. The van der Waals surface area contributed by atoms with E-state index in [1.165, 1.54) is 0 Å². The number of methoxy groups -OCH3 is 1. The average molecular weight is 402 g/mol. The molecule has 1 aromatic heterocycles. The third-order valence-electron chi connectivity index (χ3n) is 4.67. The summed E-state index contributed by atoms with van der Waals surface area (Å²) < 4.78 is 12.9. The first-order valence-corrected chi connectivity index (χ1v) is 9.61. The molecule has 1 amide bonds. The van der Waals surface area contributed by atoms with Crippen molar-refractivity contribution >= 4 is 16.9 Å². The van der Waals surface area contributed by atoms with E-state index in [9.17, 15) is 4.79 Å². The Balaban J connectivity index is 1.35. The fraction of sp³-hybridized carbons (Fsp3) is 0.174. The highest BCUT2D eigenvalue weighted by atomic mass is 16.5. The molecule has 0 spiro atoms. The Labute approximate surface area is 174 Å². The summed E-state index contributed by atoms with van der Waals surface area (Å²) in [6.07, 6.45) is 0. The Morgan fingerprint density at radius 2 is 1.77 bits per heavy atom. The van der Waals surface area contributed by atoms with Crippen molar-refractivity contribution in [3.05, 3.63) is 83.9 Å². The molecule has 0 saturated heterocycles. The van der Waals surface area contributed by atoms with Crippen LogP contribution in [-0.2, 0) is 24.5 Å². The second-order valence-electron chi connectivity index (χ2n) is 6.77. The van der Waals surface area contributed by atoms with Crippen LogP contribution in [0, 0.1) is 0 Å². The number of carbonyl (C=O) groups is 1. The molecule has 1 heterocycles. The van der Waals surface area contributed by atoms with Crippen molar-refractivity contribution in [1.82, 2.24) is 20.3 Å². The second-order valence-corrected chi connectivity index (χ2v) is 6.77. The molecule has 0 aliphatic rings. The van der Waals surface area contributed by atoms with Gasteiger partial charge in [0.2, 0.25) is 5.91 Å². The number of hydrogen-bond donors (Lipinski definition) is 1. The van der Waals surface area contributed by atoms with Gasteiger partial charge in [0.1, 0.15) is 18.7 Å². The van der Waals surface area contributed by atoms with Gasteiger partial charge in [-0.2, -0.15) is 0 Å². The van der Waals surface area contributed by atoms with Gasteiger partial charge in [-0.15, -0.1) is 5.10 Å². The van der Waals surface area contributed by atoms with Crippen molar-refractivity contribution in [2.75, 3.05) is 7.11 Å². The van der Waals surface area contributed by atoms with Gasteiger partial charge < -0.3 is 14.8 Å². The zero-order chi connectivity index (χ0) is 20.8. The number of carbonyl (C=O) groups excluding carboxylic acids is 1. The van der Waals surface area contributed by atoms with Crippen LogP contribution in [0.1, 0.15) is 11.1 Å². The predicted molar refractivity (Wildman–Crippen MR) is 113 cm³/mol. The van der Waals surface area contributed by atoms with Crippen LogP contribution in [0.2, 0.25) is 0 Å². The molecule has 4 aromatic rings. The number of para-hydroxylation sites is 1. The van der Waals surface area contributed by atoms with Crippen molar-refractivity contribution in [1.29, 1.82) is 0 Å². The molecule has 3 aromatic carbocycles. The third-order valence-corrected chi connectivity index (χ3v) is 4.67. The number of hydrogen-bond acceptors (Lipinski definition) is 5. The molecule has 0 radical (unpaired) electrons. The summed E-state index contributed by atoms with van der Waals surface area (Å²) in [6, 6.07) is 23.1. The normalized spacial score (nSPS) is 10.7. The third kappa shape index (κ3) is 4.57. The zero-order valence-electron chi connectivity index (χ0n) is 16.6. The molecule has 0 atom stereocenters. The van der Waals surface area contributed by atoms with Crippen molar-refractivity contribution in [3.63, 3.8) is 0 Å². The van der Waals surface area contributed by atoms with E-state index < -0.39 is 0 Å². The molecule has 0 aliphatic carbocycles. The highest BCUT2D eigenvalue weighted by Crippen LogP contribution is 2.28. The first-order valence-electron chi connectivity index (χ1n) is 9.61. The molecular formula is C23H22N4O3. The Bertz CT molecular complexity index is 1140. The van der Waals surface area contributed by atoms with E-state index in [4.69, 9.17) is 9.47 Å². The number of amides is 1. The van der Waals surface area contributed by atoms with Gasteiger partial charge in [0.05, 0.1) is 12.6 Å². The van der Waals surface area contributed by atoms with Gasteiger partial charge in [0, 0.05) is 6.54 Å². The fourth-order valence-corrected chi connectivity index (χ4v) is 3.10. The first-order chi connectivity index (χ1) is 14.7. The fourth-order valence-electron chi connectivity index (χ4n) is 3.10. The van der Waals surface area contributed by atoms with Gasteiger partial charge in [-0.05, 0) is 35.4 Å².